The molecule has 1 atom stereocenters. The molecule has 3 aliphatic heterocycles. The van der Waals surface area contributed by atoms with Gasteiger partial charge in [0.05, 0.1) is 5.92 Å². The van der Waals surface area contributed by atoms with E-state index in [1.807, 2.05) is 0 Å². The van der Waals surface area contributed by atoms with Crippen LogP contribution < -0.4 is 5.32 Å². The topological polar surface area (TPSA) is 41.6 Å². The van der Waals surface area contributed by atoms with Crippen LogP contribution in [0.3, 0.4) is 0 Å². The molecular weight excluding hydrogens is 278 g/mol. The largest absolute Gasteiger partial charge is 0.381 e. The van der Waals surface area contributed by atoms with Gasteiger partial charge in [0.25, 0.3) is 0 Å². The Bertz CT molecular complexity index is 397. The van der Waals surface area contributed by atoms with Crippen LogP contribution >= 0.6 is 0 Å². The molecule has 1 amide bonds. The Morgan fingerprint density at radius 3 is 2.67 bits per heavy atom. The number of ether oxygens (including phenoxy) is 1. The first-order valence-corrected chi connectivity index (χ1v) is 7.98. The average Bonchev–Trinajstić information content (AvgIpc) is 2.75. The van der Waals surface area contributed by atoms with Gasteiger partial charge in [-0.25, -0.2) is 8.78 Å². The zero-order valence-corrected chi connectivity index (χ0v) is 12.4. The van der Waals surface area contributed by atoms with Gasteiger partial charge in [0.15, 0.2) is 0 Å². The Kier molecular flexibility index (Phi) is 4.19. The molecule has 0 radical (unpaired) electrons. The molecule has 3 aliphatic rings. The summed E-state index contributed by atoms with van der Waals surface area (Å²) in [5.41, 5.74) is -0.0237. The normalized spacial score (nSPS) is 32.1. The Labute approximate surface area is 124 Å². The maximum Gasteiger partial charge on any atom is 0.249 e. The fourth-order valence-electron chi connectivity index (χ4n) is 3.96. The van der Waals surface area contributed by atoms with Crippen molar-refractivity contribution in [1.29, 1.82) is 0 Å². The number of alkyl halides is 2. The Balaban J connectivity index is 1.69. The molecule has 3 fully saturated rings. The van der Waals surface area contributed by atoms with Crippen molar-refractivity contribution in [2.24, 2.45) is 11.3 Å². The molecular formula is C15H24F2N2O2. The number of likely N-dealkylation sites (tertiary alicyclic amines) is 1. The van der Waals surface area contributed by atoms with Crippen LogP contribution in [-0.4, -0.2) is 56.1 Å². The van der Waals surface area contributed by atoms with E-state index in [1.54, 1.807) is 4.90 Å². The number of halogens is 2. The molecule has 3 rings (SSSR count). The number of hydrogen-bond acceptors (Lipinski definition) is 3. The smallest absolute Gasteiger partial charge is 0.249 e. The molecule has 4 nitrogen and oxygen atoms in total. The molecule has 0 saturated carbocycles. The average molecular weight is 302 g/mol. The van der Waals surface area contributed by atoms with Gasteiger partial charge in [-0.2, -0.15) is 0 Å². The summed E-state index contributed by atoms with van der Waals surface area (Å²) in [6.45, 7) is 3.57. The fraction of sp³-hybridized carbons (Fsp3) is 0.933. The first-order chi connectivity index (χ1) is 10.0. The summed E-state index contributed by atoms with van der Waals surface area (Å²) in [5, 5.41) is 3.33. The Morgan fingerprint density at radius 1 is 1.14 bits per heavy atom. The number of amides is 1. The van der Waals surface area contributed by atoms with E-state index < -0.39 is 5.92 Å². The Morgan fingerprint density at radius 2 is 1.90 bits per heavy atom. The second kappa shape index (κ2) is 5.80. The standard InChI is InChI=1S/C15H24F2N2O2/c16-15(17)2-1-6-19(7-3-15)13(20)12-10-18-11-14(12)4-8-21-9-5-14/h12,18H,1-11H2. The van der Waals surface area contributed by atoms with Crippen molar-refractivity contribution < 1.29 is 18.3 Å². The molecule has 21 heavy (non-hydrogen) atoms. The van der Waals surface area contributed by atoms with E-state index in [0.717, 1.165) is 19.4 Å². The second-order valence-electron chi connectivity index (χ2n) is 6.69. The first-order valence-electron chi connectivity index (χ1n) is 7.98. The molecule has 0 aromatic heterocycles. The summed E-state index contributed by atoms with van der Waals surface area (Å²) >= 11 is 0. The van der Waals surface area contributed by atoms with Crippen LogP contribution in [0.25, 0.3) is 0 Å². The van der Waals surface area contributed by atoms with Gasteiger partial charge in [-0.1, -0.05) is 0 Å². The number of nitrogens with one attached hydrogen (secondary N) is 1. The lowest BCUT2D eigenvalue weighted by molar-refractivity contribution is -0.140. The van der Waals surface area contributed by atoms with Crippen molar-refractivity contribution in [3.8, 4) is 0 Å². The monoisotopic (exact) mass is 302 g/mol. The number of carbonyl (C=O) groups excluding carboxylic acids is 1. The van der Waals surface area contributed by atoms with Crippen molar-refractivity contribution in [2.75, 3.05) is 39.4 Å². The third-order valence-corrected chi connectivity index (χ3v) is 5.38. The van der Waals surface area contributed by atoms with Crippen molar-refractivity contribution >= 4 is 5.91 Å². The van der Waals surface area contributed by atoms with Crippen LogP contribution in [0.15, 0.2) is 0 Å². The van der Waals surface area contributed by atoms with Crippen molar-refractivity contribution in [2.45, 2.75) is 38.0 Å². The fourth-order valence-corrected chi connectivity index (χ4v) is 3.96. The highest BCUT2D eigenvalue weighted by Crippen LogP contribution is 2.42. The van der Waals surface area contributed by atoms with E-state index in [1.165, 1.54) is 0 Å². The van der Waals surface area contributed by atoms with Gasteiger partial charge >= 0.3 is 0 Å². The molecule has 6 heteroatoms. The minimum Gasteiger partial charge on any atom is -0.381 e. The number of rotatable bonds is 1. The van der Waals surface area contributed by atoms with E-state index in [2.05, 4.69) is 5.32 Å². The molecule has 3 heterocycles. The van der Waals surface area contributed by atoms with Crippen LogP contribution in [0.4, 0.5) is 8.78 Å². The third kappa shape index (κ3) is 3.06. The molecule has 3 saturated heterocycles. The van der Waals surface area contributed by atoms with E-state index in [9.17, 15) is 13.6 Å². The van der Waals surface area contributed by atoms with Gasteiger partial charge in [0, 0.05) is 52.2 Å². The van der Waals surface area contributed by atoms with Crippen LogP contribution in [-0.2, 0) is 9.53 Å². The predicted octanol–water partition coefficient (Wildman–Crippen LogP) is 1.65. The van der Waals surface area contributed by atoms with Crippen LogP contribution in [0.5, 0.6) is 0 Å². The SMILES string of the molecule is O=C(C1CNCC12CCOCC2)N1CCCC(F)(F)CC1. The predicted molar refractivity (Wildman–Crippen MR) is 74.2 cm³/mol. The van der Waals surface area contributed by atoms with E-state index >= 15 is 0 Å². The summed E-state index contributed by atoms with van der Waals surface area (Å²) in [6.07, 6.45) is 1.88. The summed E-state index contributed by atoms with van der Waals surface area (Å²) in [6, 6.07) is 0. The van der Waals surface area contributed by atoms with Gasteiger partial charge in [0.2, 0.25) is 11.8 Å². The highest BCUT2D eigenvalue weighted by Gasteiger charge is 2.49. The van der Waals surface area contributed by atoms with Crippen molar-refractivity contribution in [3.63, 3.8) is 0 Å². The highest BCUT2D eigenvalue weighted by molar-refractivity contribution is 5.80. The van der Waals surface area contributed by atoms with Crippen LogP contribution in [0.2, 0.25) is 0 Å². The minimum absolute atomic E-state index is 0.0237. The zero-order chi connectivity index (χ0) is 14.9. The maximum atomic E-state index is 13.5. The lowest BCUT2D eigenvalue weighted by atomic mass is 9.71. The quantitative estimate of drug-likeness (QED) is 0.801. The molecule has 0 aliphatic carbocycles. The van der Waals surface area contributed by atoms with Crippen LogP contribution in [0.1, 0.15) is 32.1 Å². The zero-order valence-electron chi connectivity index (χ0n) is 12.4. The minimum atomic E-state index is -2.61. The summed E-state index contributed by atoms with van der Waals surface area (Å²) in [4.78, 5) is 14.5. The number of hydrogen-bond donors (Lipinski definition) is 1. The van der Waals surface area contributed by atoms with Gasteiger partial charge in [0.1, 0.15) is 0 Å². The summed E-state index contributed by atoms with van der Waals surface area (Å²) in [5.74, 6) is -2.62. The molecule has 0 aromatic rings. The van der Waals surface area contributed by atoms with Gasteiger partial charge in [-0.05, 0) is 24.7 Å². The molecule has 0 bridgehead atoms. The van der Waals surface area contributed by atoms with Gasteiger partial charge in [-0.3, -0.25) is 4.79 Å². The highest BCUT2D eigenvalue weighted by atomic mass is 19.3. The van der Waals surface area contributed by atoms with Crippen molar-refractivity contribution in [3.05, 3.63) is 0 Å². The second-order valence-corrected chi connectivity index (χ2v) is 6.69. The van der Waals surface area contributed by atoms with E-state index in [4.69, 9.17) is 4.74 Å². The summed E-state index contributed by atoms with van der Waals surface area (Å²) < 4.78 is 32.3. The van der Waals surface area contributed by atoms with Gasteiger partial charge < -0.3 is 15.0 Å². The molecule has 1 N–H and O–H groups in total. The Hall–Kier alpha value is -0.750. The molecule has 1 unspecified atom stereocenters. The molecule has 1 spiro atoms. The van der Waals surface area contributed by atoms with Crippen molar-refractivity contribution in [1.82, 2.24) is 10.2 Å². The number of carbonyl (C=O) groups is 1. The van der Waals surface area contributed by atoms with Gasteiger partial charge in [-0.15, -0.1) is 0 Å². The lowest BCUT2D eigenvalue weighted by Gasteiger charge is -2.39. The van der Waals surface area contributed by atoms with E-state index in [-0.39, 0.29) is 36.6 Å². The maximum absolute atomic E-state index is 13.5. The van der Waals surface area contributed by atoms with E-state index in [0.29, 0.717) is 32.7 Å². The number of nitrogens with zero attached hydrogens (tertiary/aromatic N) is 1. The lowest BCUT2D eigenvalue weighted by Crippen LogP contribution is -2.46. The molecule has 120 valence electrons. The van der Waals surface area contributed by atoms with Crippen LogP contribution in [0, 0.1) is 11.3 Å². The molecule has 0 aromatic carbocycles. The third-order valence-electron chi connectivity index (χ3n) is 5.38. The first kappa shape index (κ1) is 15.2. The summed E-state index contributed by atoms with van der Waals surface area (Å²) in [7, 11) is 0.